The molecule has 0 amide bonds. The van der Waals surface area contributed by atoms with Gasteiger partial charge in [0, 0.05) is 30.4 Å². The topological polar surface area (TPSA) is 80.3 Å². The number of ether oxygens (including phenoxy) is 5. The lowest BCUT2D eigenvalue weighted by atomic mass is 10.0. The van der Waals surface area contributed by atoms with Crippen molar-refractivity contribution in [2.75, 3.05) is 33.7 Å². The largest absolute Gasteiger partial charge is 0.488 e. The van der Waals surface area contributed by atoms with E-state index in [1.807, 2.05) is 0 Å². The van der Waals surface area contributed by atoms with Crippen molar-refractivity contribution in [3.05, 3.63) is 41.0 Å². The molecule has 0 spiro atoms. The van der Waals surface area contributed by atoms with Crippen molar-refractivity contribution < 1.29 is 33.3 Å². The molecular formula is C19H22O7. The van der Waals surface area contributed by atoms with Gasteiger partial charge < -0.3 is 23.7 Å². The summed E-state index contributed by atoms with van der Waals surface area (Å²) in [5.41, 5.74) is 1.31. The van der Waals surface area contributed by atoms with E-state index in [2.05, 4.69) is 0 Å². The van der Waals surface area contributed by atoms with E-state index in [0.717, 1.165) is 0 Å². The first kappa shape index (κ1) is 19.5. The van der Waals surface area contributed by atoms with Crippen LogP contribution in [0.15, 0.2) is 35.4 Å². The van der Waals surface area contributed by atoms with Gasteiger partial charge in [0.25, 0.3) is 0 Å². The molecule has 0 aromatic heterocycles. The molecule has 0 radical (unpaired) electrons. The van der Waals surface area contributed by atoms with Gasteiger partial charge >= 0.3 is 11.9 Å². The molecule has 140 valence electrons. The summed E-state index contributed by atoms with van der Waals surface area (Å²) in [5, 5.41) is 0. The first-order valence-electron chi connectivity index (χ1n) is 8.24. The molecule has 0 unspecified atom stereocenters. The van der Waals surface area contributed by atoms with E-state index in [9.17, 15) is 9.59 Å². The highest BCUT2D eigenvalue weighted by Gasteiger charge is 2.22. The van der Waals surface area contributed by atoms with Crippen LogP contribution in [0.25, 0.3) is 6.08 Å². The van der Waals surface area contributed by atoms with Crippen molar-refractivity contribution in [1.29, 1.82) is 0 Å². The summed E-state index contributed by atoms with van der Waals surface area (Å²) in [6.07, 6.45) is 2.88. The fourth-order valence-corrected chi connectivity index (χ4v) is 2.30. The molecule has 1 aliphatic heterocycles. The van der Waals surface area contributed by atoms with Gasteiger partial charge in [0.2, 0.25) is 0 Å². The molecule has 0 N–H and O–H groups in total. The van der Waals surface area contributed by atoms with Gasteiger partial charge in [0.05, 0.1) is 18.8 Å². The Morgan fingerprint density at radius 1 is 1.19 bits per heavy atom. The second-order valence-electron chi connectivity index (χ2n) is 5.24. The summed E-state index contributed by atoms with van der Waals surface area (Å²) in [6.45, 7) is 4.01. The highest BCUT2D eigenvalue weighted by molar-refractivity contribution is 6.01. The zero-order chi connectivity index (χ0) is 18.9. The van der Waals surface area contributed by atoms with Crippen molar-refractivity contribution in [2.24, 2.45) is 0 Å². The average molecular weight is 362 g/mol. The van der Waals surface area contributed by atoms with Crippen molar-refractivity contribution in [1.82, 2.24) is 0 Å². The molecule has 1 aromatic carbocycles. The number of methoxy groups -OCH3 is 1. The Morgan fingerprint density at radius 3 is 2.65 bits per heavy atom. The van der Waals surface area contributed by atoms with Crippen molar-refractivity contribution in [2.45, 2.75) is 13.8 Å². The standard InChI is InChI=1S/C19H22O7/c1-4-23-18(20)9-14-11-25-17-10-15(26-12-22-3)7-6-13(17)8-16(14)19(21)24-5-2/h6-10H,4-5,11-12H2,1-3H3/b14-9+. The quantitative estimate of drug-likeness (QED) is 0.419. The molecule has 0 bridgehead atoms. The molecule has 0 saturated carbocycles. The van der Waals surface area contributed by atoms with Gasteiger partial charge in [0.1, 0.15) is 18.1 Å². The normalized spacial score (nSPS) is 14.6. The van der Waals surface area contributed by atoms with Gasteiger partial charge in [0.15, 0.2) is 6.79 Å². The third-order valence-corrected chi connectivity index (χ3v) is 3.43. The Balaban J connectivity index is 2.38. The van der Waals surface area contributed by atoms with E-state index in [1.165, 1.54) is 13.2 Å². The molecule has 7 nitrogen and oxygen atoms in total. The second kappa shape index (κ2) is 9.62. The molecule has 1 aliphatic rings. The number of fused-ring (bicyclic) bond motifs is 1. The number of esters is 2. The van der Waals surface area contributed by atoms with E-state index < -0.39 is 11.9 Å². The number of carbonyl (C=O) groups is 2. The number of rotatable bonds is 7. The summed E-state index contributed by atoms with van der Waals surface area (Å²) < 4.78 is 26.1. The van der Waals surface area contributed by atoms with E-state index in [-0.39, 0.29) is 32.2 Å². The van der Waals surface area contributed by atoms with Gasteiger partial charge in [-0.3, -0.25) is 0 Å². The second-order valence-corrected chi connectivity index (χ2v) is 5.24. The Bertz CT molecular complexity index is 719. The minimum absolute atomic E-state index is 0.0180. The number of carbonyl (C=O) groups excluding carboxylic acids is 2. The molecule has 2 rings (SSSR count). The molecule has 7 heteroatoms. The fraction of sp³-hybridized carbons (Fsp3) is 0.368. The molecule has 1 aromatic rings. The predicted octanol–water partition coefficient (Wildman–Crippen LogP) is 2.50. The van der Waals surface area contributed by atoms with Crippen LogP contribution in [0.3, 0.4) is 0 Å². The Morgan fingerprint density at radius 2 is 1.96 bits per heavy atom. The Hall–Kier alpha value is -2.80. The van der Waals surface area contributed by atoms with Crippen molar-refractivity contribution >= 4 is 18.0 Å². The summed E-state index contributed by atoms with van der Waals surface area (Å²) in [4.78, 5) is 24.2. The maximum absolute atomic E-state index is 12.3. The highest BCUT2D eigenvalue weighted by atomic mass is 16.7. The highest BCUT2D eigenvalue weighted by Crippen LogP contribution is 2.32. The van der Waals surface area contributed by atoms with Crippen LogP contribution in [-0.4, -0.2) is 45.7 Å². The van der Waals surface area contributed by atoms with Crippen LogP contribution in [0.1, 0.15) is 19.4 Å². The minimum atomic E-state index is -0.545. The lowest BCUT2D eigenvalue weighted by Crippen LogP contribution is -2.14. The summed E-state index contributed by atoms with van der Waals surface area (Å²) in [6, 6.07) is 5.19. The molecule has 26 heavy (non-hydrogen) atoms. The van der Waals surface area contributed by atoms with Crippen LogP contribution < -0.4 is 9.47 Å². The molecule has 0 fully saturated rings. The van der Waals surface area contributed by atoms with Gasteiger partial charge in [-0.25, -0.2) is 9.59 Å². The van der Waals surface area contributed by atoms with E-state index in [4.69, 9.17) is 23.7 Å². The number of hydrogen-bond donors (Lipinski definition) is 0. The van der Waals surface area contributed by atoms with Gasteiger partial charge in [-0.15, -0.1) is 0 Å². The Kier molecular flexibility index (Phi) is 7.23. The molecule has 0 atom stereocenters. The third-order valence-electron chi connectivity index (χ3n) is 3.43. The van der Waals surface area contributed by atoms with Gasteiger partial charge in [-0.1, -0.05) is 0 Å². The molecule has 1 heterocycles. The van der Waals surface area contributed by atoms with E-state index >= 15 is 0 Å². The number of benzene rings is 1. The van der Waals surface area contributed by atoms with Crippen molar-refractivity contribution in [3.63, 3.8) is 0 Å². The monoisotopic (exact) mass is 362 g/mol. The first-order valence-corrected chi connectivity index (χ1v) is 8.24. The first-order chi connectivity index (χ1) is 12.6. The average Bonchev–Trinajstić information content (AvgIpc) is 2.80. The minimum Gasteiger partial charge on any atom is -0.488 e. The van der Waals surface area contributed by atoms with E-state index in [1.54, 1.807) is 38.1 Å². The molecule has 0 aliphatic carbocycles. The van der Waals surface area contributed by atoms with E-state index in [0.29, 0.717) is 22.6 Å². The van der Waals surface area contributed by atoms with Crippen molar-refractivity contribution in [3.8, 4) is 11.5 Å². The number of hydrogen-bond acceptors (Lipinski definition) is 7. The van der Waals surface area contributed by atoms with Crippen LogP contribution in [-0.2, 0) is 23.8 Å². The summed E-state index contributed by atoms with van der Waals surface area (Å²) >= 11 is 0. The van der Waals surface area contributed by atoms with Crippen LogP contribution in [0, 0.1) is 0 Å². The Labute approximate surface area is 152 Å². The van der Waals surface area contributed by atoms with Crippen LogP contribution in [0.4, 0.5) is 0 Å². The maximum atomic E-state index is 12.3. The summed E-state index contributed by atoms with van der Waals surface area (Å²) in [7, 11) is 1.53. The van der Waals surface area contributed by atoms with Crippen LogP contribution in [0.5, 0.6) is 11.5 Å². The van der Waals surface area contributed by atoms with Gasteiger partial charge in [-0.2, -0.15) is 0 Å². The molecular weight excluding hydrogens is 340 g/mol. The lowest BCUT2D eigenvalue weighted by molar-refractivity contribution is -0.138. The maximum Gasteiger partial charge on any atom is 0.338 e. The smallest absolute Gasteiger partial charge is 0.338 e. The summed E-state index contributed by atoms with van der Waals surface area (Å²) in [5.74, 6) is 0.0118. The van der Waals surface area contributed by atoms with Crippen LogP contribution in [0.2, 0.25) is 0 Å². The van der Waals surface area contributed by atoms with Crippen LogP contribution >= 0.6 is 0 Å². The van der Waals surface area contributed by atoms with Gasteiger partial charge in [-0.05, 0) is 32.1 Å². The predicted molar refractivity (Wildman–Crippen MR) is 93.8 cm³/mol. The molecule has 0 saturated heterocycles. The lowest BCUT2D eigenvalue weighted by Gasteiger charge is -2.10. The zero-order valence-electron chi connectivity index (χ0n) is 15.1. The third kappa shape index (κ3) is 5.10. The SMILES string of the molecule is CCOC(=O)/C=C1\COc2cc(OCOC)ccc2C=C1C(=O)OCC. The zero-order valence-corrected chi connectivity index (χ0v) is 15.1. The fourth-order valence-electron chi connectivity index (χ4n) is 2.30.